The molecule has 0 spiro atoms. The summed E-state index contributed by atoms with van der Waals surface area (Å²) in [5.41, 5.74) is 9.02. The molecule has 5 heteroatoms. The topological polar surface area (TPSA) is 28.3 Å². The van der Waals surface area contributed by atoms with Gasteiger partial charge in [-0.25, -0.2) is 9.69 Å². The number of benzene rings is 8. The Morgan fingerprint density at radius 2 is 0.725 bits per heavy atom. The average Bonchev–Trinajstić information content (AvgIpc) is 3.53. The highest BCUT2D eigenvalue weighted by Crippen LogP contribution is 2.41. The summed E-state index contributed by atoms with van der Waals surface area (Å²) in [4.78, 5) is 11.6. The number of hydrogen-bond donors (Lipinski definition) is 0. The highest BCUT2D eigenvalue weighted by atomic mass is 16.3. The van der Waals surface area contributed by atoms with Crippen molar-refractivity contribution in [3.05, 3.63) is 193 Å². The van der Waals surface area contributed by atoms with Crippen molar-refractivity contribution >= 4 is 89.0 Å². The van der Waals surface area contributed by atoms with Crippen LogP contribution < -0.4 is 9.80 Å². The molecule has 5 nitrogen and oxygen atoms in total. The second-order valence-corrected chi connectivity index (χ2v) is 12.5. The molecule has 0 unspecified atom stereocenters. The van der Waals surface area contributed by atoms with Gasteiger partial charge in [-0.05, 0) is 119 Å². The van der Waals surface area contributed by atoms with Gasteiger partial charge in [0.1, 0.15) is 11.2 Å². The van der Waals surface area contributed by atoms with Crippen LogP contribution in [0.25, 0.3) is 53.2 Å². The van der Waals surface area contributed by atoms with Crippen LogP contribution in [0.4, 0.5) is 45.5 Å². The van der Waals surface area contributed by atoms with Gasteiger partial charge in [0.15, 0.2) is 11.4 Å². The van der Waals surface area contributed by atoms with Crippen LogP contribution in [-0.4, -0.2) is 0 Å². The van der Waals surface area contributed by atoms with Crippen LogP contribution in [0.1, 0.15) is 0 Å². The lowest BCUT2D eigenvalue weighted by atomic mass is 10.0. The molecule has 0 aliphatic heterocycles. The number of hydrogen-bond acceptors (Lipinski definition) is 3. The summed E-state index contributed by atoms with van der Waals surface area (Å²) < 4.78 is 6.48. The van der Waals surface area contributed by atoms with Crippen molar-refractivity contribution in [1.82, 2.24) is 0 Å². The van der Waals surface area contributed by atoms with E-state index in [0.29, 0.717) is 11.4 Å². The molecular formula is C46H28N4O. The maximum atomic E-state index is 7.40. The Kier molecular flexibility index (Phi) is 7.17. The maximum absolute atomic E-state index is 7.40. The van der Waals surface area contributed by atoms with Crippen molar-refractivity contribution in [2.24, 2.45) is 0 Å². The zero-order valence-electron chi connectivity index (χ0n) is 27.4. The molecule has 0 aliphatic rings. The fourth-order valence-electron chi connectivity index (χ4n) is 6.92. The number of nitrogens with zero attached hydrogens (tertiary/aromatic N) is 4. The molecule has 1 heterocycles. The van der Waals surface area contributed by atoms with Crippen LogP contribution in [0.5, 0.6) is 0 Å². The molecule has 0 bridgehead atoms. The SMILES string of the molecule is [C-]#[N+]c1ccc(N(c2ccccc2)c2ccc3cc4oc5cc6ccc(N(c7ccccc7)c7ccc([N+]#[C-])cc7)cc6cc5c4cc3c2)cc1. The summed E-state index contributed by atoms with van der Waals surface area (Å²) in [6.45, 7) is 14.8. The first-order valence-corrected chi connectivity index (χ1v) is 16.6. The van der Waals surface area contributed by atoms with E-state index in [1.165, 1.54) is 0 Å². The molecule has 0 saturated heterocycles. The molecule has 0 atom stereocenters. The molecule has 9 rings (SSSR count). The van der Waals surface area contributed by atoms with Gasteiger partial charge < -0.3 is 14.2 Å². The number of furan rings is 1. The normalized spacial score (nSPS) is 11.1. The van der Waals surface area contributed by atoms with E-state index in [0.717, 1.165) is 77.6 Å². The first-order valence-electron chi connectivity index (χ1n) is 16.6. The van der Waals surface area contributed by atoms with E-state index in [2.05, 4.69) is 104 Å². The predicted molar refractivity (Wildman–Crippen MR) is 211 cm³/mol. The molecule has 51 heavy (non-hydrogen) atoms. The van der Waals surface area contributed by atoms with Crippen molar-refractivity contribution in [2.45, 2.75) is 0 Å². The van der Waals surface area contributed by atoms with Gasteiger partial charge in [0, 0.05) is 44.9 Å². The van der Waals surface area contributed by atoms with Crippen LogP contribution in [0, 0.1) is 13.1 Å². The molecule has 0 saturated carbocycles. The third-order valence-corrected chi connectivity index (χ3v) is 9.37. The zero-order valence-corrected chi connectivity index (χ0v) is 27.4. The number of fused-ring (bicyclic) bond motifs is 5. The molecule has 9 aromatic rings. The molecule has 238 valence electrons. The fourth-order valence-corrected chi connectivity index (χ4v) is 6.92. The molecule has 1 aromatic heterocycles. The predicted octanol–water partition coefficient (Wildman–Crippen LogP) is 13.9. The molecule has 0 aliphatic carbocycles. The summed E-state index contributed by atoms with van der Waals surface area (Å²) >= 11 is 0. The molecule has 8 aromatic carbocycles. The summed E-state index contributed by atoms with van der Waals surface area (Å²) in [7, 11) is 0. The van der Waals surface area contributed by atoms with Gasteiger partial charge in [-0.2, -0.15) is 0 Å². The van der Waals surface area contributed by atoms with Crippen molar-refractivity contribution in [2.75, 3.05) is 9.80 Å². The van der Waals surface area contributed by atoms with Gasteiger partial charge in [0.2, 0.25) is 0 Å². The summed E-state index contributed by atoms with van der Waals surface area (Å²) in [5, 5.41) is 6.52. The third kappa shape index (κ3) is 5.36. The van der Waals surface area contributed by atoms with Crippen LogP contribution in [0.3, 0.4) is 0 Å². The Labute approximate surface area is 295 Å². The van der Waals surface area contributed by atoms with Gasteiger partial charge >= 0.3 is 0 Å². The number of para-hydroxylation sites is 2. The highest BCUT2D eigenvalue weighted by Gasteiger charge is 2.17. The lowest BCUT2D eigenvalue weighted by Gasteiger charge is -2.26. The molecule has 0 fully saturated rings. The minimum absolute atomic E-state index is 0.613. The lowest BCUT2D eigenvalue weighted by Crippen LogP contribution is -2.09. The highest BCUT2D eigenvalue weighted by molar-refractivity contribution is 6.14. The molecule has 0 radical (unpaired) electrons. The third-order valence-electron chi connectivity index (χ3n) is 9.37. The van der Waals surface area contributed by atoms with Crippen molar-refractivity contribution in [1.29, 1.82) is 0 Å². The summed E-state index contributed by atoms with van der Waals surface area (Å²) in [5.74, 6) is 0. The van der Waals surface area contributed by atoms with Gasteiger partial charge in [-0.1, -0.05) is 72.8 Å². The van der Waals surface area contributed by atoms with E-state index in [1.54, 1.807) is 0 Å². The van der Waals surface area contributed by atoms with Crippen molar-refractivity contribution in [3.8, 4) is 0 Å². The first kappa shape index (κ1) is 29.8. The molecule has 0 N–H and O–H groups in total. The van der Waals surface area contributed by atoms with E-state index >= 15 is 0 Å². The van der Waals surface area contributed by atoms with E-state index < -0.39 is 0 Å². The Balaban J connectivity index is 1.17. The molecular weight excluding hydrogens is 625 g/mol. The van der Waals surface area contributed by atoms with E-state index in [1.807, 2.05) is 84.9 Å². The second kappa shape index (κ2) is 12.3. The minimum atomic E-state index is 0.613. The van der Waals surface area contributed by atoms with Crippen molar-refractivity contribution in [3.63, 3.8) is 0 Å². The van der Waals surface area contributed by atoms with E-state index in [4.69, 9.17) is 17.6 Å². The quantitative estimate of drug-likeness (QED) is 0.167. The van der Waals surface area contributed by atoms with Crippen LogP contribution in [0.15, 0.2) is 174 Å². The number of anilines is 6. The Morgan fingerprint density at radius 1 is 0.353 bits per heavy atom. The van der Waals surface area contributed by atoms with Crippen molar-refractivity contribution < 1.29 is 4.42 Å². The smallest absolute Gasteiger partial charge is 0.187 e. The fraction of sp³-hybridized carbons (Fsp3) is 0. The van der Waals surface area contributed by atoms with Gasteiger partial charge in [0.25, 0.3) is 0 Å². The van der Waals surface area contributed by atoms with E-state index in [9.17, 15) is 0 Å². The van der Waals surface area contributed by atoms with Gasteiger partial charge in [0.05, 0.1) is 13.1 Å². The summed E-state index contributed by atoms with van der Waals surface area (Å²) in [6, 6.07) is 57.8. The minimum Gasteiger partial charge on any atom is -0.456 e. The lowest BCUT2D eigenvalue weighted by molar-refractivity contribution is 0.670. The van der Waals surface area contributed by atoms with Gasteiger partial charge in [-0.15, -0.1) is 0 Å². The summed E-state index contributed by atoms with van der Waals surface area (Å²) in [6.07, 6.45) is 0. The molecule has 0 amide bonds. The first-order chi connectivity index (χ1) is 25.1. The standard InChI is InChI=1S/C46H28N4O/c1-47-35-15-21-39(22-16-35)49(37-9-5-3-6-10-37)41-19-13-31-29-45-43(27-33(31)25-41)44-28-34-26-42(20-14-32(34)30-46(44)51-45)50(38-11-7-4-8-12-38)40-23-17-36(48-2)18-24-40/h3-30H. The Morgan fingerprint density at radius 3 is 1.12 bits per heavy atom. The maximum Gasteiger partial charge on any atom is 0.187 e. The monoisotopic (exact) mass is 652 g/mol. The van der Waals surface area contributed by atoms with Crippen LogP contribution >= 0.6 is 0 Å². The van der Waals surface area contributed by atoms with E-state index in [-0.39, 0.29) is 0 Å². The van der Waals surface area contributed by atoms with Crippen LogP contribution in [-0.2, 0) is 0 Å². The Bertz CT molecular complexity index is 2620. The zero-order chi connectivity index (χ0) is 34.3. The Hall–Kier alpha value is -7.34. The largest absolute Gasteiger partial charge is 0.456 e. The second-order valence-electron chi connectivity index (χ2n) is 12.5. The average molecular weight is 653 g/mol. The number of rotatable bonds is 6. The van der Waals surface area contributed by atoms with Crippen LogP contribution in [0.2, 0.25) is 0 Å². The van der Waals surface area contributed by atoms with Gasteiger partial charge in [-0.3, -0.25) is 0 Å².